The van der Waals surface area contributed by atoms with Crippen LogP contribution in [0.4, 0.5) is 0 Å². The van der Waals surface area contributed by atoms with Crippen LogP contribution in [-0.2, 0) is 4.79 Å². The van der Waals surface area contributed by atoms with E-state index in [0.717, 1.165) is 32.5 Å². The summed E-state index contributed by atoms with van der Waals surface area (Å²) in [4.78, 5) is 15.9. The Morgan fingerprint density at radius 3 is 2.12 bits per heavy atom. The van der Waals surface area contributed by atoms with E-state index in [4.69, 9.17) is 0 Å². The topological polar surface area (TPSA) is 23.6 Å². The number of nitrogens with zero attached hydrogens (tertiary/aromatic N) is 2. The van der Waals surface area contributed by atoms with Crippen molar-refractivity contribution >= 4 is 5.78 Å². The number of likely N-dealkylation sites (N-methyl/N-ethyl adjacent to an activating group) is 1. The minimum atomic E-state index is 0.383. The SMILES string of the molecule is CCN(C)CCCCCC(=O)CN(C)CC. The van der Waals surface area contributed by atoms with Crippen LogP contribution < -0.4 is 0 Å². The fraction of sp³-hybridized carbons (Fsp3) is 0.923. The van der Waals surface area contributed by atoms with Crippen molar-refractivity contribution in [2.75, 3.05) is 40.3 Å². The minimum Gasteiger partial charge on any atom is -0.307 e. The van der Waals surface area contributed by atoms with Crippen molar-refractivity contribution < 1.29 is 4.79 Å². The first-order chi connectivity index (χ1) is 7.60. The van der Waals surface area contributed by atoms with E-state index in [9.17, 15) is 4.79 Å². The van der Waals surface area contributed by atoms with Gasteiger partial charge >= 0.3 is 0 Å². The van der Waals surface area contributed by atoms with E-state index in [1.54, 1.807) is 0 Å². The normalized spacial score (nSPS) is 11.4. The first kappa shape index (κ1) is 15.6. The van der Waals surface area contributed by atoms with Crippen molar-refractivity contribution in [3.63, 3.8) is 0 Å². The number of Topliss-reactive ketones (excluding diaryl/α,β-unsaturated/α-hetero) is 1. The summed E-state index contributed by atoms with van der Waals surface area (Å²) in [6.07, 6.45) is 4.18. The summed E-state index contributed by atoms with van der Waals surface area (Å²) in [5, 5.41) is 0. The van der Waals surface area contributed by atoms with Gasteiger partial charge in [0.2, 0.25) is 0 Å². The molecule has 0 heterocycles. The summed E-state index contributed by atoms with van der Waals surface area (Å²) in [7, 11) is 4.13. The Hall–Kier alpha value is -0.410. The molecule has 0 saturated heterocycles. The molecule has 0 fully saturated rings. The summed E-state index contributed by atoms with van der Waals surface area (Å²) in [5.41, 5.74) is 0. The van der Waals surface area contributed by atoms with E-state index in [2.05, 4.69) is 30.7 Å². The zero-order valence-corrected chi connectivity index (χ0v) is 11.5. The van der Waals surface area contributed by atoms with Crippen molar-refractivity contribution in [2.24, 2.45) is 0 Å². The highest BCUT2D eigenvalue weighted by molar-refractivity contribution is 5.80. The lowest BCUT2D eigenvalue weighted by Gasteiger charge is -2.14. The van der Waals surface area contributed by atoms with E-state index in [-0.39, 0.29) is 0 Å². The maximum atomic E-state index is 11.5. The molecule has 0 atom stereocenters. The summed E-state index contributed by atoms with van der Waals surface area (Å²) in [6.45, 7) is 8.08. The summed E-state index contributed by atoms with van der Waals surface area (Å²) in [6, 6.07) is 0. The molecule has 0 amide bonds. The van der Waals surface area contributed by atoms with Crippen LogP contribution in [0, 0.1) is 0 Å². The van der Waals surface area contributed by atoms with E-state index >= 15 is 0 Å². The van der Waals surface area contributed by atoms with Gasteiger partial charge in [-0.05, 0) is 46.6 Å². The van der Waals surface area contributed by atoms with Gasteiger partial charge in [-0.1, -0.05) is 20.3 Å². The standard InChI is InChI=1S/C13H28N2O/c1-5-14(3)11-9-7-8-10-13(16)12-15(4)6-2/h5-12H2,1-4H3. The first-order valence-electron chi connectivity index (χ1n) is 6.48. The molecular weight excluding hydrogens is 200 g/mol. The van der Waals surface area contributed by atoms with Gasteiger partial charge in [0.15, 0.2) is 0 Å². The lowest BCUT2D eigenvalue weighted by atomic mass is 10.1. The highest BCUT2D eigenvalue weighted by Crippen LogP contribution is 2.02. The molecule has 0 aromatic heterocycles. The van der Waals surface area contributed by atoms with Crippen LogP contribution in [0.5, 0.6) is 0 Å². The molecule has 0 aromatic carbocycles. The average Bonchev–Trinajstić information content (AvgIpc) is 2.27. The van der Waals surface area contributed by atoms with Crippen molar-refractivity contribution in [2.45, 2.75) is 39.5 Å². The van der Waals surface area contributed by atoms with Gasteiger partial charge in [0.1, 0.15) is 5.78 Å². The third kappa shape index (κ3) is 8.86. The molecule has 0 aromatic rings. The quantitative estimate of drug-likeness (QED) is 0.534. The van der Waals surface area contributed by atoms with Crippen LogP contribution in [0.25, 0.3) is 0 Å². The molecule has 0 aliphatic heterocycles. The molecule has 0 aliphatic rings. The lowest BCUT2D eigenvalue weighted by molar-refractivity contribution is -0.120. The van der Waals surface area contributed by atoms with Crippen molar-refractivity contribution in [1.29, 1.82) is 0 Å². The monoisotopic (exact) mass is 228 g/mol. The number of carbonyl (C=O) groups excluding carboxylic acids is 1. The molecule has 0 bridgehead atoms. The number of rotatable bonds is 10. The summed E-state index contributed by atoms with van der Waals surface area (Å²) in [5.74, 6) is 0.383. The van der Waals surface area contributed by atoms with Crippen LogP contribution in [0.2, 0.25) is 0 Å². The molecular formula is C13H28N2O. The maximum absolute atomic E-state index is 11.5. The number of unbranched alkanes of at least 4 members (excludes halogenated alkanes) is 2. The van der Waals surface area contributed by atoms with E-state index in [0.29, 0.717) is 12.3 Å². The zero-order valence-electron chi connectivity index (χ0n) is 11.5. The molecule has 0 spiro atoms. The number of hydrogen-bond donors (Lipinski definition) is 0. The van der Waals surface area contributed by atoms with Gasteiger partial charge in [-0.25, -0.2) is 0 Å². The van der Waals surface area contributed by atoms with Gasteiger partial charge in [-0.15, -0.1) is 0 Å². The molecule has 16 heavy (non-hydrogen) atoms. The Labute approximate surface area is 101 Å². The third-order valence-electron chi connectivity index (χ3n) is 3.02. The summed E-state index contributed by atoms with van der Waals surface area (Å²) < 4.78 is 0. The van der Waals surface area contributed by atoms with Gasteiger partial charge in [0.05, 0.1) is 6.54 Å². The highest BCUT2D eigenvalue weighted by Gasteiger charge is 2.04. The second-order valence-corrected chi connectivity index (χ2v) is 4.58. The predicted octanol–water partition coefficient (Wildman–Crippen LogP) is 2.02. The van der Waals surface area contributed by atoms with E-state index in [1.807, 2.05) is 7.05 Å². The number of carbonyl (C=O) groups is 1. The van der Waals surface area contributed by atoms with Gasteiger partial charge in [-0.3, -0.25) is 9.69 Å². The number of ketones is 1. The van der Waals surface area contributed by atoms with Gasteiger partial charge < -0.3 is 4.90 Å². The van der Waals surface area contributed by atoms with Crippen molar-refractivity contribution in [3.05, 3.63) is 0 Å². The Bertz CT molecular complexity index is 183. The predicted molar refractivity (Wildman–Crippen MR) is 69.8 cm³/mol. The second kappa shape index (κ2) is 9.79. The highest BCUT2D eigenvalue weighted by atomic mass is 16.1. The van der Waals surface area contributed by atoms with E-state index in [1.165, 1.54) is 12.8 Å². The van der Waals surface area contributed by atoms with Gasteiger partial charge in [0.25, 0.3) is 0 Å². The maximum Gasteiger partial charge on any atom is 0.146 e. The van der Waals surface area contributed by atoms with E-state index < -0.39 is 0 Å². The third-order valence-corrected chi connectivity index (χ3v) is 3.02. The smallest absolute Gasteiger partial charge is 0.146 e. The van der Waals surface area contributed by atoms with Gasteiger partial charge in [-0.2, -0.15) is 0 Å². The van der Waals surface area contributed by atoms with Crippen LogP contribution >= 0.6 is 0 Å². The van der Waals surface area contributed by atoms with Crippen LogP contribution in [0.1, 0.15) is 39.5 Å². The lowest BCUT2D eigenvalue weighted by Crippen LogP contribution is -2.25. The fourth-order valence-electron chi connectivity index (χ4n) is 1.53. The Morgan fingerprint density at radius 1 is 0.938 bits per heavy atom. The van der Waals surface area contributed by atoms with Crippen LogP contribution in [0.15, 0.2) is 0 Å². The zero-order chi connectivity index (χ0) is 12.4. The largest absolute Gasteiger partial charge is 0.307 e. The van der Waals surface area contributed by atoms with Crippen molar-refractivity contribution in [3.8, 4) is 0 Å². The number of hydrogen-bond acceptors (Lipinski definition) is 3. The average molecular weight is 228 g/mol. The van der Waals surface area contributed by atoms with Crippen LogP contribution in [0.3, 0.4) is 0 Å². The second-order valence-electron chi connectivity index (χ2n) is 4.58. The molecule has 0 unspecified atom stereocenters. The fourth-order valence-corrected chi connectivity index (χ4v) is 1.53. The molecule has 0 aliphatic carbocycles. The molecule has 0 N–H and O–H groups in total. The molecule has 0 radical (unpaired) electrons. The van der Waals surface area contributed by atoms with Crippen molar-refractivity contribution in [1.82, 2.24) is 9.80 Å². The first-order valence-corrected chi connectivity index (χ1v) is 6.48. The minimum absolute atomic E-state index is 0.383. The Balaban J connectivity index is 3.34. The molecule has 96 valence electrons. The molecule has 0 saturated carbocycles. The van der Waals surface area contributed by atoms with Gasteiger partial charge in [0, 0.05) is 6.42 Å². The Morgan fingerprint density at radius 2 is 1.56 bits per heavy atom. The molecule has 0 rings (SSSR count). The van der Waals surface area contributed by atoms with Crippen LogP contribution in [-0.4, -0.2) is 55.9 Å². The summed E-state index contributed by atoms with van der Waals surface area (Å²) >= 11 is 0. The Kier molecular flexibility index (Phi) is 9.54. The molecule has 3 nitrogen and oxygen atoms in total. The molecule has 3 heteroatoms.